The van der Waals surface area contributed by atoms with E-state index < -0.39 is 22.4 Å². The van der Waals surface area contributed by atoms with E-state index in [0.717, 1.165) is 0 Å². The topological polar surface area (TPSA) is 83.5 Å². The fraction of sp³-hybridized carbons (Fsp3) is 0.0714. The number of hydrogen-bond acceptors (Lipinski definition) is 4. The van der Waals surface area contributed by atoms with Gasteiger partial charge in [0.1, 0.15) is 11.4 Å². The minimum Gasteiger partial charge on any atom is -0.480 e. The van der Waals surface area contributed by atoms with Crippen molar-refractivity contribution in [3.05, 3.63) is 53.6 Å². The minimum atomic E-state index is -3.84. The zero-order valence-electron chi connectivity index (χ0n) is 10.8. The molecule has 2 aromatic carbocycles. The van der Waals surface area contributed by atoms with Gasteiger partial charge in [-0.1, -0.05) is 35.9 Å². The lowest BCUT2D eigenvalue weighted by molar-refractivity contribution is -0.134. The highest BCUT2D eigenvalue weighted by Crippen LogP contribution is 2.33. The van der Waals surface area contributed by atoms with Crippen molar-refractivity contribution in [1.29, 1.82) is 0 Å². The molecule has 0 aliphatic carbocycles. The molecule has 0 bridgehead atoms. The van der Waals surface area contributed by atoms with Crippen LogP contribution in [-0.4, -0.2) is 26.0 Å². The van der Waals surface area contributed by atoms with E-state index >= 15 is 0 Å². The smallest absolute Gasteiger partial charge is 0.322 e. The number of carboxylic acid groups (broad SMARTS) is 1. The van der Waals surface area contributed by atoms with Crippen LogP contribution in [0.2, 0.25) is 5.02 Å². The molecule has 0 spiro atoms. The molecule has 2 aromatic rings. The van der Waals surface area contributed by atoms with Gasteiger partial charge in [0.25, 0.3) is 0 Å². The molecule has 0 saturated carbocycles. The van der Waals surface area contributed by atoms with Gasteiger partial charge in [-0.3, -0.25) is 4.79 Å². The van der Waals surface area contributed by atoms with Crippen LogP contribution in [0.3, 0.4) is 0 Å². The third kappa shape index (κ3) is 3.34. The summed E-state index contributed by atoms with van der Waals surface area (Å²) in [5.74, 6) is -1.10. The first kappa shape index (κ1) is 15.3. The predicted octanol–water partition coefficient (Wildman–Crippen LogP) is 2.67. The average Bonchev–Trinajstić information content (AvgIpc) is 2.45. The highest BCUT2D eigenvalue weighted by atomic mass is 35.5. The maximum atomic E-state index is 12.6. The fourth-order valence-electron chi connectivity index (χ4n) is 1.81. The van der Waals surface area contributed by atoms with Gasteiger partial charge in [-0.15, -0.1) is 0 Å². The van der Waals surface area contributed by atoms with Gasteiger partial charge < -0.3 is 10.4 Å². The Morgan fingerprint density at radius 3 is 2.38 bits per heavy atom. The monoisotopic (exact) mass is 325 g/mol. The van der Waals surface area contributed by atoms with Crippen LogP contribution in [0.4, 0.5) is 5.69 Å². The van der Waals surface area contributed by atoms with Crippen LogP contribution in [0.1, 0.15) is 0 Å². The highest BCUT2D eigenvalue weighted by Gasteiger charge is 2.24. The molecule has 2 N–H and O–H groups in total. The van der Waals surface area contributed by atoms with Crippen molar-refractivity contribution in [2.24, 2.45) is 0 Å². The Bertz CT molecular complexity index is 760. The van der Waals surface area contributed by atoms with E-state index in [-0.39, 0.29) is 20.5 Å². The summed E-state index contributed by atoms with van der Waals surface area (Å²) in [6.45, 7) is -0.405. The molecule has 110 valence electrons. The number of sulfone groups is 1. The van der Waals surface area contributed by atoms with Crippen molar-refractivity contribution in [3.63, 3.8) is 0 Å². The number of carbonyl (C=O) groups is 1. The maximum Gasteiger partial charge on any atom is 0.322 e. The second-order valence-electron chi connectivity index (χ2n) is 4.18. The van der Waals surface area contributed by atoms with Crippen molar-refractivity contribution in [1.82, 2.24) is 0 Å². The van der Waals surface area contributed by atoms with Crippen LogP contribution in [0, 0.1) is 0 Å². The molecular formula is C14H12ClNO4S. The van der Waals surface area contributed by atoms with Crippen molar-refractivity contribution >= 4 is 33.1 Å². The number of benzene rings is 2. The molecule has 0 heterocycles. The number of aliphatic carboxylic acids is 1. The van der Waals surface area contributed by atoms with E-state index in [2.05, 4.69) is 5.32 Å². The first-order valence-corrected chi connectivity index (χ1v) is 7.83. The normalized spacial score (nSPS) is 11.1. The molecule has 0 aliphatic rings. The molecule has 0 unspecified atom stereocenters. The van der Waals surface area contributed by atoms with Crippen LogP contribution >= 0.6 is 11.6 Å². The molecule has 2 rings (SSSR count). The zero-order valence-corrected chi connectivity index (χ0v) is 12.4. The Balaban J connectivity index is 2.55. The van der Waals surface area contributed by atoms with Crippen LogP contribution < -0.4 is 5.32 Å². The molecule has 21 heavy (non-hydrogen) atoms. The van der Waals surface area contributed by atoms with Crippen LogP contribution in [0.5, 0.6) is 0 Å². The van der Waals surface area contributed by atoms with Gasteiger partial charge in [-0.25, -0.2) is 8.42 Å². The van der Waals surface area contributed by atoms with Crippen molar-refractivity contribution in [3.8, 4) is 0 Å². The van der Waals surface area contributed by atoms with Gasteiger partial charge >= 0.3 is 5.97 Å². The number of carboxylic acids is 1. The van der Waals surface area contributed by atoms with E-state index in [0.29, 0.717) is 0 Å². The SMILES string of the molecule is O=C(O)CNc1cccc(Cl)c1S(=O)(=O)c1ccccc1. The van der Waals surface area contributed by atoms with E-state index in [1.165, 1.54) is 24.3 Å². The molecule has 7 heteroatoms. The molecule has 0 aromatic heterocycles. The number of rotatable bonds is 5. The number of hydrogen-bond donors (Lipinski definition) is 2. The van der Waals surface area contributed by atoms with Gasteiger partial charge in [0.2, 0.25) is 9.84 Å². The standard InChI is InChI=1S/C14H12ClNO4S/c15-11-7-4-8-12(16-9-13(17)18)14(11)21(19,20)10-5-2-1-3-6-10/h1-8,16H,9H2,(H,17,18). The van der Waals surface area contributed by atoms with Gasteiger partial charge in [-0.05, 0) is 24.3 Å². The Labute approximate surface area is 127 Å². The summed E-state index contributed by atoms with van der Waals surface area (Å²) in [4.78, 5) is 10.6. The number of halogens is 1. The van der Waals surface area contributed by atoms with Gasteiger partial charge in [0.15, 0.2) is 0 Å². The second kappa shape index (κ2) is 6.15. The molecule has 0 radical (unpaired) electrons. The summed E-state index contributed by atoms with van der Waals surface area (Å²) in [5.41, 5.74) is 0.161. The summed E-state index contributed by atoms with van der Waals surface area (Å²) >= 11 is 6.01. The van der Waals surface area contributed by atoms with Gasteiger partial charge in [0.05, 0.1) is 15.6 Å². The highest BCUT2D eigenvalue weighted by molar-refractivity contribution is 7.91. The molecule has 0 atom stereocenters. The predicted molar refractivity (Wildman–Crippen MR) is 79.5 cm³/mol. The molecule has 0 amide bonds. The van der Waals surface area contributed by atoms with Crippen LogP contribution in [0.15, 0.2) is 58.3 Å². The average molecular weight is 326 g/mol. The van der Waals surface area contributed by atoms with Crippen LogP contribution in [0.25, 0.3) is 0 Å². The largest absolute Gasteiger partial charge is 0.480 e. The van der Waals surface area contributed by atoms with Gasteiger partial charge in [0, 0.05) is 0 Å². The quantitative estimate of drug-likeness (QED) is 0.883. The lowest BCUT2D eigenvalue weighted by Crippen LogP contribution is -2.15. The lowest BCUT2D eigenvalue weighted by atomic mass is 10.3. The Kier molecular flexibility index (Phi) is 4.50. The summed E-state index contributed by atoms with van der Waals surface area (Å²) in [6, 6.07) is 12.3. The third-order valence-corrected chi connectivity index (χ3v) is 5.02. The Morgan fingerprint density at radius 2 is 1.76 bits per heavy atom. The van der Waals surface area contributed by atoms with Crippen molar-refractivity contribution in [2.45, 2.75) is 9.79 Å². The molecule has 0 saturated heterocycles. The van der Waals surface area contributed by atoms with E-state index in [1.807, 2.05) is 0 Å². The molecule has 0 fully saturated rings. The summed E-state index contributed by atoms with van der Waals surface area (Å²) in [6.07, 6.45) is 0. The van der Waals surface area contributed by atoms with E-state index in [1.54, 1.807) is 24.3 Å². The lowest BCUT2D eigenvalue weighted by Gasteiger charge is -2.13. The third-order valence-electron chi connectivity index (χ3n) is 2.72. The minimum absolute atomic E-state index is 0.0363. The number of anilines is 1. The van der Waals surface area contributed by atoms with Crippen molar-refractivity contribution < 1.29 is 18.3 Å². The molecular weight excluding hydrogens is 314 g/mol. The Hall–Kier alpha value is -2.05. The first-order chi connectivity index (χ1) is 9.93. The summed E-state index contributed by atoms with van der Waals surface area (Å²) in [5, 5.41) is 11.3. The second-order valence-corrected chi connectivity index (χ2v) is 6.47. The summed E-state index contributed by atoms with van der Waals surface area (Å²) < 4.78 is 25.3. The van der Waals surface area contributed by atoms with Crippen molar-refractivity contribution in [2.75, 3.05) is 11.9 Å². The van der Waals surface area contributed by atoms with Gasteiger partial charge in [-0.2, -0.15) is 0 Å². The number of nitrogens with one attached hydrogen (secondary N) is 1. The maximum absolute atomic E-state index is 12.6. The first-order valence-electron chi connectivity index (χ1n) is 5.97. The van der Waals surface area contributed by atoms with Crippen LogP contribution in [-0.2, 0) is 14.6 Å². The molecule has 0 aliphatic heterocycles. The zero-order chi connectivity index (χ0) is 15.5. The Morgan fingerprint density at radius 1 is 1.10 bits per heavy atom. The summed E-state index contributed by atoms with van der Waals surface area (Å²) in [7, 11) is -3.84. The van der Waals surface area contributed by atoms with E-state index in [9.17, 15) is 13.2 Å². The fourth-order valence-corrected chi connectivity index (χ4v) is 3.79. The molecule has 5 nitrogen and oxygen atoms in total. The van der Waals surface area contributed by atoms with E-state index in [4.69, 9.17) is 16.7 Å².